The Morgan fingerprint density at radius 2 is 1.87 bits per heavy atom. The molecule has 2 aromatic carbocycles. The van der Waals surface area contributed by atoms with E-state index in [9.17, 15) is 4.79 Å². The maximum absolute atomic E-state index is 13.5. The highest BCUT2D eigenvalue weighted by Crippen LogP contribution is 2.40. The summed E-state index contributed by atoms with van der Waals surface area (Å²) in [4.78, 5) is 15.5. The van der Waals surface area contributed by atoms with Crippen molar-refractivity contribution in [3.05, 3.63) is 66.4 Å². The molecule has 1 saturated carbocycles. The van der Waals surface area contributed by atoms with E-state index in [1.807, 2.05) is 70.2 Å². The molecule has 2 fully saturated rings. The topological polar surface area (TPSA) is 56.6 Å². The molecule has 5 rings (SSSR count). The predicted molar refractivity (Wildman–Crippen MR) is 114 cm³/mol. The van der Waals surface area contributed by atoms with Crippen LogP contribution in [0.5, 0.6) is 5.75 Å². The van der Waals surface area contributed by atoms with Gasteiger partial charge < -0.3 is 14.4 Å². The molecule has 6 nitrogen and oxygen atoms in total. The molecule has 1 spiro atoms. The molecule has 30 heavy (non-hydrogen) atoms. The minimum absolute atomic E-state index is 0.0116. The van der Waals surface area contributed by atoms with Crippen molar-refractivity contribution >= 4 is 5.91 Å². The van der Waals surface area contributed by atoms with Crippen LogP contribution in [-0.4, -0.2) is 53.0 Å². The molecule has 0 atom stereocenters. The van der Waals surface area contributed by atoms with Gasteiger partial charge in [0.1, 0.15) is 5.75 Å². The van der Waals surface area contributed by atoms with Crippen LogP contribution in [0.1, 0.15) is 29.8 Å². The summed E-state index contributed by atoms with van der Waals surface area (Å²) in [6, 6.07) is 19.6. The molecule has 1 amide bonds. The summed E-state index contributed by atoms with van der Waals surface area (Å²) >= 11 is 0. The summed E-state index contributed by atoms with van der Waals surface area (Å²) in [5.74, 6) is 0.781. The third-order valence-electron chi connectivity index (χ3n) is 6.25. The van der Waals surface area contributed by atoms with E-state index >= 15 is 0 Å². The first-order valence-corrected chi connectivity index (χ1v) is 10.4. The average molecular weight is 403 g/mol. The van der Waals surface area contributed by atoms with E-state index in [-0.39, 0.29) is 11.4 Å². The normalized spacial score (nSPS) is 17.6. The molecule has 1 saturated heterocycles. The standard InChI is InChI=1S/C24H25N3O3/c1-29-20-10-8-18(9-11-20)22-16-21(25-27(22)19-6-3-2-4-7-19)23(28)26-14-15-30-17-24(26)12-5-13-24/h2-4,6-11,16H,5,12-15,17H2,1H3. The van der Waals surface area contributed by atoms with Gasteiger partial charge in [0.2, 0.25) is 0 Å². The Morgan fingerprint density at radius 1 is 1.10 bits per heavy atom. The van der Waals surface area contributed by atoms with Crippen LogP contribution < -0.4 is 4.74 Å². The highest BCUT2D eigenvalue weighted by atomic mass is 16.5. The zero-order valence-electron chi connectivity index (χ0n) is 17.1. The number of ether oxygens (including phenoxy) is 2. The number of methoxy groups -OCH3 is 1. The van der Waals surface area contributed by atoms with Crippen LogP contribution in [0.4, 0.5) is 0 Å². The van der Waals surface area contributed by atoms with E-state index in [0.717, 1.165) is 42.0 Å². The Balaban J connectivity index is 1.56. The first kappa shape index (κ1) is 18.9. The van der Waals surface area contributed by atoms with Crippen molar-refractivity contribution in [1.82, 2.24) is 14.7 Å². The fourth-order valence-electron chi connectivity index (χ4n) is 4.41. The summed E-state index contributed by atoms with van der Waals surface area (Å²) in [7, 11) is 1.65. The van der Waals surface area contributed by atoms with Gasteiger partial charge in [-0.25, -0.2) is 4.68 Å². The lowest BCUT2D eigenvalue weighted by Gasteiger charge is -2.52. The molecule has 1 aliphatic carbocycles. The van der Waals surface area contributed by atoms with Crippen LogP contribution in [0.25, 0.3) is 16.9 Å². The van der Waals surface area contributed by atoms with Crippen molar-refractivity contribution in [1.29, 1.82) is 0 Å². The maximum atomic E-state index is 13.5. The molecule has 1 aromatic heterocycles. The number of hydrogen-bond donors (Lipinski definition) is 0. The Hall–Kier alpha value is -3.12. The molecule has 154 valence electrons. The minimum atomic E-state index is -0.147. The van der Waals surface area contributed by atoms with E-state index in [1.54, 1.807) is 7.11 Å². The van der Waals surface area contributed by atoms with Gasteiger partial charge in [0.25, 0.3) is 5.91 Å². The van der Waals surface area contributed by atoms with Crippen molar-refractivity contribution in [2.75, 3.05) is 26.9 Å². The molecule has 0 bridgehead atoms. The zero-order valence-corrected chi connectivity index (χ0v) is 17.1. The second-order valence-corrected chi connectivity index (χ2v) is 7.98. The van der Waals surface area contributed by atoms with Crippen molar-refractivity contribution in [2.24, 2.45) is 0 Å². The number of hydrogen-bond acceptors (Lipinski definition) is 4. The predicted octanol–water partition coefficient (Wildman–Crippen LogP) is 3.94. The fraction of sp³-hybridized carbons (Fsp3) is 0.333. The molecule has 2 heterocycles. The van der Waals surface area contributed by atoms with E-state index in [2.05, 4.69) is 0 Å². The second kappa shape index (κ2) is 7.61. The molecule has 3 aromatic rings. The summed E-state index contributed by atoms with van der Waals surface area (Å²) in [6.07, 6.45) is 3.15. The number of carbonyl (C=O) groups is 1. The molecule has 0 unspecified atom stereocenters. The molecule has 0 N–H and O–H groups in total. The Bertz CT molecular complexity index is 1040. The van der Waals surface area contributed by atoms with Gasteiger partial charge in [0.15, 0.2) is 5.69 Å². The summed E-state index contributed by atoms with van der Waals surface area (Å²) in [5, 5.41) is 4.75. The largest absolute Gasteiger partial charge is 0.497 e. The lowest BCUT2D eigenvalue weighted by Crippen LogP contribution is -2.62. The molecular formula is C24H25N3O3. The maximum Gasteiger partial charge on any atom is 0.275 e. The Labute approximate surface area is 176 Å². The summed E-state index contributed by atoms with van der Waals surface area (Å²) in [6.45, 7) is 1.83. The van der Waals surface area contributed by atoms with Gasteiger partial charge in [-0.2, -0.15) is 5.10 Å². The Kier molecular flexibility index (Phi) is 4.79. The van der Waals surface area contributed by atoms with E-state index < -0.39 is 0 Å². The average Bonchev–Trinajstić information content (AvgIpc) is 3.23. The van der Waals surface area contributed by atoms with Gasteiger partial charge in [-0.15, -0.1) is 0 Å². The van der Waals surface area contributed by atoms with Crippen LogP contribution in [0.3, 0.4) is 0 Å². The summed E-state index contributed by atoms with van der Waals surface area (Å²) in [5.41, 5.74) is 3.10. The van der Waals surface area contributed by atoms with Crippen LogP contribution in [-0.2, 0) is 4.74 Å². The third-order valence-corrected chi connectivity index (χ3v) is 6.25. The number of benzene rings is 2. The van der Waals surface area contributed by atoms with Crippen LogP contribution in [0, 0.1) is 0 Å². The van der Waals surface area contributed by atoms with Crippen LogP contribution in [0.15, 0.2) is 60.7 Å². The van der Waals surface area contributed by atoms with Gasteiger partial charge in [-0.3, -0.25) is 4.79 Å². The SMILES string of the molecule is COc1ccc(-c2cc(C(=O)N3CCOCC34CCC4)nn2-c2ccccc2)cc1. The highest BCUT2D eigenvalue weighted by molar-refractivity contribution is 5.94. The van der Waals surface area contributed by atoms with Gasteiger partial charge >= 0.3 is 0 Å². The fourth-order valence-corrected chi connectivity index (χ4v) is 4.41. The number of nitrogens with zero attached hydrogens (tertiary/aromatic N) is 3. The van der Waals surface area contributed by atoms with Gasteiger partial charge in [0, 0.05) is 12.1 Å². The van der Waals surface area contributed by atoms with Crippen molar-refractivity contribution in [3.63, 3.8) is 0 Å². The van der Waals surface area contributed by atoms with Crippen LogP contribution >= 0.6 is 0 Å². The number of para-hydroxylation sites is 1. The smallest absolute Gasteiger partial charge is 0.275 e. The van der Waals surface area contributed by atoms with E-state index in [1.165, 1.54) is 0 Å². The summed E-state index contributed by atoms with van der Waals surface area (Å²) < 4.78 is 12.8. The van der Waals surface area contributed by atoms with Crippen molar-refractivity contribution in [3.8, 4) is 22.7 Å². The Morgan fingerprint density at radius 3 is 2.53 bits per heavy atom. The minimum Gasteiger partial charge on any atom is -0.497 e. The van der Waals surface area contributed by atoms with Crippen molar-refractivity contribution < 1.29 is 14.3 Å². The zero-order chi connectivity index (χ0) is 20.6. The molecular weight excluding hydrogens is 378 g/mol. The van der Waals surface area contributed by atoms with Gasteiger partial charge in [0.05, 0.1) is 37.2 Å². The third kappa shape index (κ3) is 3.17. The number of aromatic nitrogens is 2. The molecule has 1 aliphatic heterocycles. The molecule has 0 radical (unpaired) electrons. The van der Waals surface area contributed by atoms with Crippen molar-refractivity contribution in [2.45, 2.75) is 24.8 Å². The number of rotatable bonds is 4. The van der Waals surface area contributed by atoms with E-state index in [4.69, 9.17) is 14.6 Å². The van der Waals surface area contributed by atoms with Gasteiger partial charge in [-0.1, -0.05) is 18.2 Å². The molecule has 2 aliphatic rings. The van der Waals surface area contributed by atoms with Crippen LogP contribution in [0.2, 0.25) is 0 Å². The second-order valence-electron chi connectivity index (χ2n) is 7.98. The van der Waals surface area contributed by atoms with E-state index in [0.29, 0.717) is 25.5 Å². The number of amides is 1. The lowest BCUT2D eigenvalue weighted by molar-refractivity contribution is -0.0879. The first-order chi connectivity index (χ1) is 14.7. The monoisotopic (exact) mass is 403 g/mol. The first-order valence-electron chi connectivity index (χ1n) is 10.4. The quantitative estimate of drug-likeness (QED) is 0.662. The molecule has 6 heteroatoms. The highest BCUT2D eigenvalue weighted by Gasteiger charge is 2.47. The number of carbonyl (C=O) groups excluding carboxylic acids is 1. The van der Waals surface area contributed by atoms with Gasteiger partial charge in [-0.05, 0) is 61.7 Å². The number of morpholine rings is 1. The lowest BCUT2D eigenvalue weighted by atomic mass is 9.75.